The van der Waals surface area contributed by atoms with Crippen LogP contribution in [0, 0.1) is 23.7 Å². The Kier molecular flexibility index (Phi) is 5.51. The molecule has 0 spiro atoms. The van der Waals surface area contributed by atoms with E-state index < -0.39 is 0 Å². The Labute approximate surface area is 83.8 Å². The maximum atomic E-state index is 9.79. The van der Waals surface area contributed by atoms with Crippen LogP contribution in [0.5, 0.6) is 0 Å². The molecule has 0 unspecified atom stereocenters. The maximum absolute atomic E-state index is 9.79. The Balaban J connectivity index is 2.12. The Morgan fingerprint density at radius 1 is 1.43 bits per heavy atom. The lowest BCUT2D eigenvalue weighted by Gasteiger charge is -2.21. The predicted molar refractivity (Wildman–Crippen MR) is 51.2 cm³/mol. The van der Waals surface area contributed by atoms with Crippen molar-refractivity contribution in [2.24, 2.45) is 0 Å². The SMILES string of the molecule is O=CC#CC#CCO[C@@H]1CCCCO1. The molecule has 14 heavy (non-hydrogen) atoms. The summed E-state index contributed by atoms with van der Waals surface area (Å²) in [6.45, 7) is 1.07. The van der Waals surface area contributed by atoms with E-state index in [0.717, 1.165) is 25.9 Å². The second-order valence-electron chi connectivity index (χ2n) is 2.80. The van der Waals surface area contributed by atoms with Crippen LogP contribution in [-0.2, 0) is 14.3 Å². The van der Waals surface area contributed by atoms with Crippen LogP contribution in [0.3, 0.4) is 0 Å². The predicted octanol–water partition coefficient (Wildman–Crippen LogP) is 0.735. The summed E-state index contributed by atoms with van der Waals surface area (Å²) in [5, 5.41) is 0. The van der Waals surface area contributed by atoms with Crippen LogP contribution in [0.1, 0.15) is 19.3 Å². The van der Waals surface area contributed by atoms with Crippen LogP contribution in [0.4, 0.5) is 0 Å². The molecule has 0 aliphatic carbocycles. The first kappa shape index (κ1) is 10.8. The van der Waals surface area contributed by atoms with Gasteiger partial charge in [-0.1, -0.05) is 5.92 Å². The number of carbonyl (C=O) groups is 1. The Hall–Kier alpha value is -1.29. The molecule has 1 atom stereocenters. The highest BCUT2D eigenvalue weighted by Gasteiger charge is 2.12. The lowest BCUT2D eigenvalue weighted by Crippen LogP contribution is -2.22. The molecule has 0 aromatic heterocycles. The highest BCUT2D eigenvalue weighted by atomic mass is 16.7. The lowest BCUT2D eigenvalue weighted by atomic mass is 10.2. The summed E-state index contributed by atoms with van der Waals surface area (Å²) >= 11 is 0. The van der Waals surface area contributed by atoms with Gasteiger partial charge in [0.05, 0.1) is 0 Å². The van der Waals surface area contributed by atoms with Crippen LogP contribution in [0.15, 0.2) is 0 Å². The molecule has 0 aromatic rings. The minimum Gasteiger partial charge on any atom is -0.353 e. The normalized spacial score (nSPS) is 19.9. The Morgan fingerprint density at radius 2 is 2.36 bits per heavy atom. The third-order valence-electron chi connectivity index (χ3n) is 1.76. The quantitative estimate of drug-likeness (QED) is 0.478. The number of rotatable bonds is 2. The second-order valence-corrected chi connectivity index (χ2v) is 2.80. The third kappa shape index (κ3) is 4.67. The van der Waals surface area contributed by atoms with E-state index in [1.807, 2.05) is 0 Å². The Morgan fingerprint density at radius 3 is 3.07 bits per heavy atom. The molecule has 0 aromatic carbocycles. The fraction of sp³-hybridized carbons (Fsp3) is 0.545. The van der Waals surface area contributed by atoms with E-state index >= 15 is 0 Å². The molecule has 1 fully saturated rings. The first-order chi connectivity index (χ1) is 6.93. The summed E-state index contributed by atoms with van der Waals surface area (Å²) in [6.07, 6.45) is 3.58. The van der Waals surface area contributed by atoms with Crippen molar-refractivity contribution in [1.29, 1.82) is 0 Å². The average molecular weight is 192 g/mol. The standard InChI is InChI=1S/C11H12O3/c12-8-4-1-2-5-9-13-11-7-3-6-10-14-11/h8,11H,3,6-7,9-10H2/t11-/m0/s1. The highest BCUT2D eigenvalue weighted by molar-refractivity contribution is 5.73. The van der Waals surface area contributed by atoms with Gasteiger partial charge in [-0.15, -0.1) is 0 Å². The monoisotopic (exact) mass is 192 g/mol. The number of hydrogen-bond donors (Lipinski definition) is 0. The molecule has 1 aliphatic rings. The van der Waals surface area contributed by atoms with E-state index in [4.69, 9.17) is 9.47 Å². The van der Waals surface area contributed by atoms with E-state index in [0.29, 0.717) is 12.9 Å². The van der Waals surface area contributed by atoms with Crippen LogP contribution in [-0.4, -0.2) is 25.8 Å². The molecule has 1 aliphatic heterocycles. The molecule has 0 radical (unpaired) electrons. The van der Waals surface area contributed by atoms with Crippen molar-refractivity contribution in [3.63, 3.8) is 0 Å². The zero-order valence-corrected chi connectivity index (χ0v) is 7.91. The topological polar surface area (TPSA) is 35.5 Å². The molecule has 0 bridgehead atoms. The molecule has 1 heterocycles. The van der Waals surface area contributed by atoms with Crippen LogP contribution in [0.25, 0.3) is 0 Å². The van der Waals surface area contributed by atoms with Gasteiger partial charge in [-0.2, -0.15) is 0 Å². The van der Waals surface area contributed by atoms with Crippen molar-refractivity contribution >= 4 is 6.29 Å². The lowest BCUT2D eigenvalue weighted by molar-refractivity contribution is -0.154. The maximum Gasteiger partial charge on any atom is 0.193 e. The van der Waals surface area contributed by atoms with Crippen molar-refractivity contribution in [2.45, 2.75) is 25.6 Å². The second kappa shape index (κ2) is 7.15. The zero-order valence-electron chi connectivity index (χ0n) is 7.91. The van der Waals surface area contributed by atoms with Crippen LogP contribution >= 0.6 is 0 Å². The van der Waals surface area contributed by atoms with Gasteiger partial charge in [0.1, 0.15) is 6.61 Å². The number of hydrogen-bond acceptors (Lipinski definition) is 3. The zero-order chi connectivity index (χ0) is 10.1. The minimum absolute atomic E-state index is 0.114. The number of ether oxygens (including phenoxy) is 2. The summed E-state index contributed by atoms with van der Waals surface area (Å²) in [4.78, 5) is 9.79. The molecule has 3 heteroatoms. The highest BCUT2D eigenvalue weighted by Crippen LogP contribution is 2.12. The van der Waals surface area contributed by atoms with Crippen molar-refractivity contribution in [3.8, 4) is 23.7 Å². The van der Waals surface area contributed by atoms with E-state index in [1.165, 1.54) is 0 Å². The average Bonchev–Trinajstić information content (AvgIpc) is 2.25. The van der Waals surface area contributed by atoms with Crippen molar-refractivity contribution < 1.29 is 14.3 Å². The fourth-order valence-electron chi connectivity index (χ4n) is 1.12. The molecule has 0 N–H and O–H groups in total. The van der Waals surface area contributed by atoms with Gasteiger partial charge in [-0.3, -0.25) is 4.79 Å². The molecular weight excluding hydrogens is 180 g/mol. The number of carbonyl (C=O) groups excluding carboxylic acids is 1. The third-order valence-corrected chi connectivity index (χ3v) is 1.76. The van der Waals surface area contributed by atoms with E-state index in [-0.39, 0.29) is 6.29 Å². The van der Waals surface area contributed by atoms with Crippen LogP contribution in [0.2, 0.25) is 0 Å². The van der Waals surface area contributed by atoms with Gasteiger partial charge in [-0.05, 0) is 37.0 Å². The van der Waals surface area contributed by atoms with E-state index in [9.17, 15) is 4.79 Å². The smallest absolute Gasteiger partial charge is 0.193 e. The van der Waals surface area contributed by atoms with Gasteiger partial charge in [0, 0.05) is 6.61 Å². The molecular formula is C11H12O3. The first-order valence-electron chi connectivity index (χ1n) is 4.58. The van der Waals surface area contributed by atoms with Gasteiger partial charge in [0.15, 0.2) is 12.6 Å². The summed E-state index contributed by atoms with van der Waals surface area (Å²) < 4.78 is 10.6. The van der Waals surface area contributed by atoms with Gasteiger partial charge in [0.25, 0.3) is 0 Å². The summed E-state index contributed by atoms with van der Waals surface area (Å²) in [5.41, 5.74) is 0. The molecule has 3 nitrogen and oxygen atoms in total. The van der Waals surface area contributed by atoms with Crippen molar-refractivity contribution in [1.82, 2.24) is 0 Å². The van der Waals surface area contributed by atoms with E-state index in [2.05, 4.69) is 23.7 Å². The largest absolute Gasteiger partial charge is 0.353 e. The van der Waals surface area contributed by atoms with Crippen LogP contribution < -0.4 is 0 Å². The molecule has 0 amide bonds. The number of aldehydes is 1. The van der Waals surface area contributed by atoms with Crippen molar-refractivity contribution in [2.75, 3.05) is 13.2 Å². The molecule has 74 valence electrons. The van der Waals surface area contributed by atoms with Gasteiger partial charge in [-0.25, -0.2) is 0 Å². The fourth-order valence-corrected chi connectivity index (χ4v) is 1.12. The van der Waals surface area contributed by atoms with Gasteiger partial charge < -0.3 is 9.47 Å². The summed E-state index contributed by atoms with van der Waals surface area (Å²) in [7, 11) is 0. The minimum atomic E-state index is -0.114. The molecule has 1 saturated heterocycles. The van der Waals surface area contributed by atoms with Gasteiger partial charge >= 0.3 is 0 Å². The summed E-state index contributed by atoms with van der Waals surface area (Å²) in [5.74, 6) is 9.75. The van der Waals surface area contributed by atoms with Gasteiger partial charge in [0.2, 0.25) is 0 Å². The summed E-state index contributed by atoms with van der Waals surface area (Å²) in [6, 6.07) is 0. The first-order valence-corrected chi connectivity index (χ1v) is 4.58. The van der Waals surface area contributed by atoms with E-state index in [1.54, 1.807) is 0 Å². The Bertz CT molecular complexity index is 281. The van der Waals surface area contributed by atoms with Crippen molar-refractivity contribution in [3.05, 3.63) is 0 Å². The molecule has 0 saturated carbocycles. The molecule has 1 rings (SSSR count).